The molecule has 20 heavy (non-hydrogen) atoms. The molecule has 0 saturated heterocycles. The van der Waals surface area contributed by atoms with Crippen LogP contribution < -0.4 is 5.32 Å². The van der Waals surface area contributed by atoms with Crippen molar-refractivity contribution < 1.29 is 9.90 Å². The zero-order valence-corrected chi connectivity index (χ0v) is 13.5. The molecule has 2 N–H and O–H groups in total. The molecular formula is C12H6BrCl3N2O2. The van der Waals surface area contributed by atoms with Crippen molar-refractivity contribution in [2.24, 2.45) is 0 Å². The van der Waals surface area contributed by atoms with Crippen molar-refractivity contribution in [2.75, 3.05) is 5.32 Å². The van der Waals surface area contributed by atoms with Gasteiger partial charge in [0.25, 0.3) is 5.91 Å². The molecule has 1 aromatic carbocycles. The highest BCUT2D eigenvalue weighted by atomic mass is 79.9. The average molecular weight is 396 g/mol. The maximum atomic E-state index is 12.1. The average Bonchev–Trinajstić information content (AvgIpc) is 2.42. The SMILES string of the molecule is O=C(Nc1ncc(Cl)c(Cl)c1Cl)c1cc(Br)ccc1O. The zero-order chi connectivity index (χ0) is 14.9. The summed E-state index contributed by atoms with van der Waals surface area (Å²) in [7, 11) is 0. The van der Waals surface area contributed by atoms with Gasteiger partial charge in [0.05, 0.1) is 15.6 Å². The molecule has 0 saturated carbocycles. The first-order chi connectivity index (χ1) is 9.40. The predicted molar refractivity (Wildman–Crippen MR) is 83.0 cm³/mol. The molecule has 1 amide bonds. The Morgan fingerprint density at radius 1 is 1.25 bits per heavy atom. The van der Waals surface area contributed by atoms with Gasteiger partial charge in [-0.25, -0.2) is 4.98 Å². The summed E-state index contributed by atoms with van der Waals surface area (Å²) >= 11 is 20.8. The summed E-state index contributed by atoms with van der Waals surface area (Å²) in [5, 5.41) is 12.4. The standard InChI is InChI=1S/C12H6BrCl3N2O2/c13-5-1-2-8(19)6(3-5)12(20)18-11-10(16)9(15)7(14)4-17-11/h1-4,19H,(H,17,18,20). The van der Waals surface area contributed by atoms with Crippen molar-refractivity contribution in [3.05, 3.63) is 49.5 Å². The normalized spacial score (nSPS) is 10.4. The number of pyridine rings is 1. The molecule has 8 heteroatoms. The van der Waals surface area contributed by atoms with Crippen molar-refractivity contribution in [1.82, 2.24) is 4.98 Å². The third-order valence-corrected chi connectivity index (χ3v) is 4.09. The summed E-state index contributed by atoms with van der Waals surface area (Å²) in [6.45, 7) is 0. The molecule has 2 aromatic rings. The van der Waals surface area contributed by atoms with Crippen LogP contribution in [-0.4, -0.2) is 16.0 Å². The Labute approximate surface area is 137 Å². The first kappa shape index (κ1) is 15.4. The molecule has 1 heterocycles. The largest absolute Gasteiger partial charge is 0.507 e. The van der Waals surface area contributed by atoms with Crippen LogP contribution in [0, 0.1) is 0 Å². The lowest BCUT2D eigenvalue weighted by molar-refractivity contribution is 0.102. The van der Waals surface area contributed by atoms with Crippen molar-refractivity contribution in [2.45, 2.75) is 0 Å². The third kappa shape index (κ3) is 3.17. The van der Waals surface area contributed by atoms with Gasteiger partial charge in [0.2, 0.25) is 0 Å². The number of carbonyl (C=O) groups excluding carboxylic acids is 1. The summed E-state index contributed by atoms with van der Waals surface area (Å²) in [6, 6.07) is 4.47. The lowest BCUT2D eigenvalue weighted by Crippen LogP contribution is -2.13. The molecule has 0 atom stereocenters. The van der Waals surface area contributed by atoms with E-state index in [1.165, 1.54) is 18.3 Å². The summed E-state index contributed by atoms with van der Waals surface area (Å²) in [5.74, 6) is -0.677. The minimum Gasteiger partial charge on any atom is -0.507 e. The monoisotopic (exact) mass is 394 g/mol. The molecule has 0 aliphatic heterocycles. The number of benzene rings is 1. The van der Waals surface area contributed by atoms with Crippen molar-refractivity contribution in [3.8, 4) is 5.75 Å². The number of aromatic hydroxyl groups is 1. The van der Waals surface area contributed by atoms with E-state index in [-0.39, 0.29) is 32.2 Å². The number of hydrogen-bond donors (Lipinski definition) is 2. The second-order valence-electron chi connectivity index (χ2n) is 3.70. The lowest BCUT2D eigenvalue weighted by Gasteiger charge is -2.09. The van der Waals surface area contributed by atoms with Crippen LogP contribution in [-0.2, 0) is 0 Å². The number of rotatable bonds is 2. The van der Waals surface area contributed by atoms with E-state index in [1.54, 1.807) is 6.07 Å². The Balaban J connectivity index is 2.33. The van der Waals surface area contributed by atoms with E-state index < -0.39 is 5.91 Å². The molecule has 0 unspecified atom stereocenters. The van der Waals surface area contributed by atoms with Crippen molar-refractivity contribution in [3.63, 3.8) is 0 Å². The fourth-order valence-corrected chi connectivity index (χ4v) is 2.28. The molecule has 2 rings (SSSR count). The quantitative estimate of drug-likeness (QED) is 0.769. The number of aromatic nitrogens is 1. The van der Waals surface area contributed by atoms with Crippen LogP contribution in [0.15, 0.2) is 28.9 Å². The van der Waals surface area contributed by atoms with E-state index in [4.69, 9.17) is 34.8 Å². The van der Waals surface area contributed by atoms with Gasteiger partial charge in [-0.3, -0.25) is 4.79 Å². The molecule has 0 bridgehead atoms. The second kappa shape index (κ2) is 6.18. The number of halogens is 4. The minimum atomic E-state index is -0.573. The van der Waals surface area contributed by atoms with Gasteiger partial charge in [0, 0.05) is 10.7 Å². The number of carbonyl (C=O) groups is 1. The number of anilines is 1. The first-order valence-corrected chi connectivity index (χ1v) is 7.12. The number of nitrogens with zero attached hydrogens (tertiary/aromatic N) is 1. The molecule has 0 aliphatic carbocycles. The molecule has 0 fully saturated rings. The fraction of sp³-hybridized carbons (Fsp3) is 0. The molecular weight excluding hydrogens is 390 g/mol. The molecule has 0 radical (unpaired) electrons. The van der Waals surface area contributed by atoms with Crippen LogP contribution in [0.3, 0.4) is 0 Å². The van der Waals surface area contributed by atoms with E-state index in [0.29, 0.717) is 4.47 Å². The van der Waals surface area contributed by atoms with Crippen LogP contribution in [0.2, 0.25) is 15.1 Å². The third-order valence-electron chi connectivity index (χ3n) is 2.35. The zero-order valence-electron chi connectivity index (χ0n) is 9.62. The number of phenols is 1. The Bertz CT molecular complexity index is 695. The molecule has 104 valence electrons. The predicted octanol–water partition coefficient (Wildman–Crippen LogP) is 4.76. The fourth-order valence-electron chi connectivity index (χ4n) is 1.40. The highest BCUT2D eigenvalue weighted by Gasteiger charge is 2.16. The van der Waals surface area contributed by atoms with Crippen LogP contribution in [0.5, 0.6) is 5.75 Å². The van der Waals surface area contributed by atoms with Crippen LogP contribution >= 0.6 is 50.7 Å². The maximum absolute atomic E-state index is 12.1. The number of phenolic OH excluding ortho intramolecular Hbond substituents is 1. The molecule has 0 aliphatic rings. The molecule has 1 aromatic heterocycles. The summed E-state index contributed by atoms with van der Waals surface area (Å²) in [5.41, 5.74) is 0.0725. The van der Waals surface area contributed by atoms with Gasteiger partial charge in [0.15, 0.2) is 5.82 Å². The minimum absolute atomic E-state index is 0.0296. The number of nitrogens with one attached hydrogen (secondary N) is 1. The Hall–Kier alpha value is -1.01. The van der Waals surface area contributed by atoms with Crippen LogP contribution in [0.1, 0.15) is 10.4 Å². The summed E-state index contributed by atoms with van der Waals surface area (Å²) in [6.07, 6.45) is 1.27. The van der Waals surface area contributed by atoms with Gasteiger partial charge in [-0.15, -0.1) is 0 Å². The Morgan fingerprint density at radius 2 is 1.95 bits per heavy atom. The van der Waals surface area contributed by atoms with Crippen molar-refractivity contribution in [1.29, 1.82) is 0 Å². The molecule has 0 spiro atoms. The topological polar surface area (TPSA) is 62.2 Å². The van der Waals surface area contributed by atoms with Gasteiger partial charge < -0.3 is 10.4 Å². The van der Waals surface area contributed by atoms with Crippen molar-refractivity contribution >= 4 is 62.5 Å². The van der Waals surface area contributed by atoms with E-state index in [2.05, 4.69) is 26.2 Å². The Morgan fingerprint density at radius 3 is 2.65 bits per heavy atom. The highest BCUT2D eigenvalue weighted by Crippen LogP contribution is 2.34. The van der Waals surface area contributed by atoms with Crippen LogP contribution in [0.25, 0.3) is 0 Å². The van der Waals surface area contributed by atoms with Gasteiger partial charge in [-0.05, 0) is 18.2 Å². The molecule has 4 nitrogen and oxygen atoms in total. The number of amides is 1. The smallest absolute Gasteiger partial charge is 0.260 e. The van der Waals surface area contributed by atoms with Gasteiger partial charge >= 0.3 is 0 Å². The highest BCUT2D eigenvalue weighted by molar-refractivity contribution is 9.10. The lowest BCUT2D eigenvalue weighted by atomic mass is 10.2. The van der Waals surface area contributed by atoms with E-state index in [1.807, 2.05) is 0 Å². The van der Waals surface area contributed by atoms with E-state index in [9.17, 15) is 9.90 Å². The van der Waals surface area contributed by atoms with E-state index in [0.717, 1.165) is 0 Å². The van der Waals surface area contributed by atoms with Gasteiger partial charge in [-0.1, -0.05) is 50.7 Å². The number of hydrogen-bond acceptors (Lipinski definition) is 3. The van der Waals surface area contributed by atoms with Crippen LogP contribution in [0.4, 0.5) is 5.82 Å². The summed E-state index contributed by atoms with van der Waals surface area (Å²) in [4.78, 5) is 16.0. The van der Waals surface area contributed by atoms with Gasteiger partial charge in [0.1, 0.15) is 10.8 Å². The van der Waals surface area contributed by atoms with E-state index >= 15 is 0 Å². The maximum Gasteiger partial charge on any atom is 0.260 e. The second-order valence-corrected chi connectivity index (χ2v) is 5.78. The van der Waals surface area contributed by atoms with Gasteiger partial charge in [-0.2, -0.15) is 0 Å². The Kier molecular flexibility index (Phi) is 4.75. The first-order valence-electron chi connectivity index (χ1n) is 5.19. The summed E-state index contributed by atoms with van der Waals surface area (Å²) < 4.78 is 0.647.